The van der Waals surface area contributed by atoms with E-state index in [-0.39, 0.29) is 0 Å². The van der Waals surface area contributed by atoms with Crippen molar-refractivity contribution in [2.75, 3.05) is 11.5 Å². The largest absolute Gasteiger partial charge is 0.481 e. The number of thioether (sulfide) groups is 1. The first-order valence-corrected chi connectivity index (χ1v) is 8.45. The molecule has 0 aliphatic carbocycles. The van der Waals surface area contributed by atoms with Gasteiger partial charge in [0.25, 0.3) is 5.91 Å². The Morgan fingerprint density at radius 1 is 1.36 bits per heavy atom. The lowest BCUT2D eigenvalue weighted by Gasteiger charge is -2.34. The number of carboxylic acid groups (broad SMARTS) is 1. The lowest BCUT2D eigenvalue weighted by Crippen LogP contribution is -2.58. The molecule has 1 aromatic rings. The number of benzene rings is 1. The van der Waals surface area contributed by atoms with Crippen LogP contribution in [0.25, 0.3) is 0 Å². The smallest absolute Gasteiger partial charge is 0.329 e. The number of rotatable bonds is 5. The zero-order valence-corrected chi connectivity index (χ0v) is 13.6. The summed E-state index contributed by atoms with van der Waals surface area (Å²) in [7, 11) is 0. The third-order valence-corrected chi connectivity index (χ3v) is 4.78. The van der Waals surface area contributed by atoms with Crippen LogP contribution >= 0.6 is 11.8 Å². The number of hydrogen-bond donors (Lipinski definition) is 2. The summed E-state index contributed by atoms with van der Waals surface area (Å²) in [6, 6.07) is 7.41. The van der Waals surface area contributed by atoms with Crippen molar-refractivity contribution in [2.45, 2.75) is 38.3 Å². The van der Waals surface area contributed by atoms with E-state index in [0.29, 0.717) is 18.6 Å². The molecule has 0 bridgehead atoms. The van der Waals surface area contributed by atoms with Gasteiger partial charge in [-0.3, -0.25) is 4.79 Å². The van der Waals surface area contributed by atoms with Gasteiger partial charge in [0.1, 0.15) is 11.3 Å². The summed E-state index contributed by atoms with van der Waals surface area (Å²) < 4.78 is 5.61. The zero-order chi connectivity index (χ0) is 16.2. The lowest BCUT2D eigenvalue weighted by molar-refractivity contribution is -0.149. The van der Waals surface area contributed by atoms with Gasteiger partial charge in [-0.05, 0) is 55.9 Å². The fourth-order valence-electron chi connectivity index (χ4n) is 2.40. The Morgan fingerprint density at radius 2 is 2.05 bits per heavy atom. The second-order valence-corrected chi connectivity index (χ2v) is 6.79. The SMILES string of the molecule is Cc1cccc(OC(C)C(=O)NC2(C(=O)O)CCSCC2)c1. The maximum Gasteiger partial charge on any atom is 0.329 e. The molecule has 0 aromatic heterocycles. The molecular weight excluding hydrogens is 302 g/mol. The Bertz CT molecular complexity index is 555. The van der Waals surface area contributed by atoms with E-state index in [4.69, 9.17) is 4.74 Å². The standard InChI is InChI=1S/C16H21NO4S/c1-11-4-3-5-13(10-11)21-12(2)14(18)17-16(15(19)20)6-8-22-9-7-16/h3-5,10,12H,6-9H2,1-2H3,(H,17,18)(H,19,20). The Labute approximate surface area is 134 Å². The molecule has 2 rings (SSSR count). The highest BCUT2D eigenvalue weighted by molar-refractivity contribution is 7.99. The van der Waals surface area contributed by atoms with Gasteiger partial charge in [0.2, 0.25) is 0 Å². The zero-order valence-electron chi connectivity index (χ0n) is 12.8. The van der Waals surface area contributed by atoms with Crippen LogP contribution in [0.3, 0.4) is 0 Å². The third kappa shape index (κ3) is 3.94. The molecule has 2 N–H and O–H groups in total. The topological polar surface area (TPSA) is 75.6 Å². The van der Waals surface area contributed by atoms with Gasteiger partial charge < -0.3 is 15.2 Å². The fraction of sp³-hybridized carbons (Fsp3) is 0.500. The molecule has 0 spiro atoms. The van der Waals surface area contributed by atoms with Gasteiger partial charge in [-0.15, -0.1) is 0 Å². The van der Waals surface area contributed by atoms with E-state index in [0.717, 1.165) is 17.1 Å². The molecule has 0 saturated carbocycles. The van der Waals surface area contributed by atoms with Crippen LogP contribution in [0.5, 0.6) is 5.75 Å². The summed E-state index contributed by atoms with van der Waals surface area (Å²) in [6.45, 7) is 3.57. The van der Waals surface area contributed by atoms with E-state index in [1.807, 2.05) is 25.1 Å². The summed E-state index contributed by atoms with van der Waals surface area (Å²) in [4.78, 5) is 23.9. The minimum Gasteiger partial charge on any atom is -0.481 e. The maximum absolute atomic E-state index is 12.3. The van der Waals surface area contributed by atoms with Gasteiger partial charge in [0.05, 0.1) is 0 Å². The molecule has 1 aliphatic rings. The molecule has 1 amide bonds. The van der Waals surface area contributed by atoms with Crippen molar-refractivity contribution in [1.29, 1.82) is 0 Å². The van der Waals surface area contributed by atoms with Gasteiger partial charge >= 0.3 is 5.97 Å². The molecule has 22 heavy (non-hydrogen) atoms. The van der Waals surface area contributed by atoms with Gasteiger partial charge in [-0.1, -0.05) is 12.1 Å². The van der Waals surface area contributed by atoms with Crippen molar-refractivity contribution in [3.8, 4) is 5.75 Å². The highest BCUT2D eigenvalue weighted by Gasteiger charge is 2.42. The first-order valence-electron chi connectivity index (χ1n) is 7.29. The highest BCUT2D eigenvalue weighted by Crippen LogP contribution is 2.27. The van der Waals surface area contributed by atoms with E-state index in [9.17, 15) is 14.7 Å². The molecule has 0 radical (unpaired) electrons. The number of carbonyl (C=O) groups is 2. The lowest BCUT2D eigenvalue weighted by atomic mass is 9.92. The van der Waals surface area contributed by atoms with E-state index in [2.05, 4.69) is 5.32 Å². The van der Waals surface area contributed by atoms with Gasteiger partial charge in [-0.2, -0.15) is 11.8 Å². The number of aryl methyl sites for hydroxylation is 1. The molecule has 1 saturated heterocycles. The molecule has 1 fully saturated rings. The Hall–Kier alpha value is -1.69. The first-order chi connectivity index (χ1) is 10.4. The summed E-state index contributed by atoms with van der Waals surface area (Å²) in [6.07, 6.45) is 0.138. The van der Waals surface area contributed by atoms with Gasteiger partial charge in [-0.25, -0.2) is 4.79 Å². The van der Waals surface area contributed by atoms with Crippen molar-refractivity contribution >= 4 is 23.6 Å². The second kappa shape index (κ2) is 7.05. The summed E-state index contributed by atoms with van der Waals surface area (Å²) in [5.41, 5.74) is -0.122. The van der Waals surface area contributed by atoms with Crippen LogP contribution in [0.4, 0.5) is 0 Å². The second-order valence-electron chi connectivity index (χ2n) is 5.57. The molecule has 6 heteroatoms. The van der Waals surface area contributed by atoms with E-state index in [1.54, 1.807) is 24.8 Å². The monoisotopic (exact) mass is 323 g/mol. The predicted molar refractivity (Wildman–Crippen MR) is 86.3 cm³/mol. The van der Waals surface area contributed by atoms with Crippen LogP contribution in [-0.2, 0) is 9.59 Å². The number of hydrogen-bond acceptors (Lipinski definition) is 4. The van der Waals surface area contributed by atoms with Crippen LogP contribution in [-0.4, -0.2) is 40.1 Å². The molecule has 1 aliphatic heterocycles. The Morgan fingerprint density at radius 3 is 2.64 bits per heavy atom. The number of ether oxygens (including phenoxy) is 1. The number of nitrogens with one attached hydrogen (secondary N) is 1. The highest BCUT2D eigenvalue weighted by atomic mass is 32.2. The van der Waals surface area contributed by atoms with Crippen LogP contribution < -0.4 is 10.1 Å². The quantitative estimate of drug-likeness (QED) is 0.869. The molecule has 1 aromatic carbocycles. The third-order valence-electron chi connectivity index (χ3n) is 3.79. The normalized spacial score (nSPS) is 18.3. The summed E-state index contributed by atoms with van der Waals surface area (Å²) in [5, 5.41) is 12.2. The Balaban J connectivity index is 2.02. The maximum atomic E-state index is 12.3. The number of amides is 1. The van der Waals surface area contributed by atoms with Crippen LogP contribution in [0, 0.1) is 6.92 Å². The van der Waals surface area contributed by atoms with Crippen molar-refractivity contribution in [2.24, 2.45) is 0 Å². The average Bonchev–Trinajstić information content (AvgIpc) is 2.48. The van der Waals surface area contributed by atoms with Crippen molar-refractivity contribution in [3.63, 3.8) is 0 Å². The van der Waals surface area contributed by atoms with Crippen molar-refractivity contribution in [1.82, 2.24) is 5.32 Å². The number of aliphatic carboxylic acids is 1. The van der Waals surface area contributed by atoms with Crippen LogP contribution in [0.15, 0.2) is 24.3 Å². The number of carbonyl (C=O) groups excluding carboxylic acids is 1. The molecule has 5 nitrogen and oxygen atoms in total. The van der Waals surface area contributed by atoms with Crippen molar-refractivity contribution in [3.05, 3.63) is 29.8 Å². The van der Waals surface area contributed by atoms with Crippen molar-refractivity contribution < 1.29 is 19.4 Å². The number of carboxylic acids is 1. The van der Waals surface area contributed by atoms with E-state index < -0.39 is 23.5 Å². The first kappa shape index (κ1) is 16.7. The predicted octanol–water partition coefficient (Wildman–Crippen LogP) is 2.23. The Kier molecular flexibility index (Phi) is 5.34. The molecule has 120 valence electrons. The van der Waals surface area contributed by atoms with Crippen LogP contribution in [0.1, 0.15) is 25.3 Å². The molecular formula is C16H21NO4S. The summed E-state index contributed by atoms with van der Waals surface area (Å²) in [5.74, 6) is 0.713. The van der Waals surface area contributed by atoms with Crippen LogP contribution in [0.2, 0.25) is 0 Å². The van der Waals surface area contributed by atoms with Gasteiger partial charge in [0, 0.05) is 0 Å². The average molecular weight is 323 g/mol. The molecule has 1 atom stereocenters. The molecule has 1 unspecified atom stereocenters. The van der Waals surface area contributed by atoms with E-state index in [1.165, 1.54) is 0 Å². The minimum atomic E-state index is -1.16. The fourth-order valence-corrected chi connectivity index (χ4v) is 3.59. The van der Waals surface area contributed by atoms with E-state index >= 15 is 0 Å². The summed E-state index contributed by atoms with van der Waals surface area (Å²) >= 11 is 1.71. The molecule has 1 heterocycles. The minimum absolute atomic E-state index is 0.393. The van der Waals surface area contributed by atoms with Gasteiger partial charge in [0.15, 0.2) is 6.10 Å².